The molecule has 1 saturated heterocycles. The Hall–Kier alpha value is -1.43. The number of alkyl halides is 3. The quantitative estimate of drug-likeness (QED) is 0.815. The summed E-state index contributed by atoms with van der Waals surface area (Å²) >= 11 is 0. The molecule has 0 radical (unpaired) electrons. The molecule has 1 fully saturated rings. The van der Waals surface area contributed by atoms with Gasteiger partial charge in [0.25, 0.3) is 0 Å². The SMILES string of the molecule is Nc1cc(C(F)(F)F)ccc1N1CCCC(CO)C1. The lowest BCUT2D eigenvalue weighted by Gasteiger charge is -2.34. The summed E-state index contributed by atoms with van der Waals surface area (Å²) in [4.78, 5) is 1.94. The molecule has 3 nitrogen and oxygen atoms in total. The molecule has 0 saturated carbocycles. The zero-order valence-electron chi connectivity index (χ0n) is 10.5. The molecule has 1 aliphatic heterocycles. The lowest BCUT2D eigenvalue weighted by molar-refractivity contribution is -0.137. The minimum Gasteiger partial charge on any atom is -0.397 e. The van der Waals surface area contributed by atoms with E-state index < -0.39 is 11.7 Å². The average Bonchev–Trinajstić information content (AvgIpc) is 2.37. The molecule has 1 atom stereocenters. The maximum atomic E-state index is 12.6. The average molecular weight is 274 g/mol. The van der Waals surface area contributed by atoms with Gasteiger partial charge in [0, 0.05) is 19.7 Å². The van der Waals surface area contributed by atoms with Crippen molar-refractivity contribution in [1.82, 2.24) is 0 Å². The summed E-state index contributed by atoms with van der Waals surface area (Å²) in [6.45, 7) is 1.48. The Morgan fingerprint density at radius 1 is 1.37 bits per heavy atom. The predicted octanol–water partition coefficient (Wildman–Crippen LogP) is 2.50. The normalized spacial score (nSPS) is 20.6. The van der Waals surface area contributed by atoms with E-state index >= 15 is 0 Å². The summed E-state index contributed by atoms with van der Waals surface area (Å²) in [5.41, 5.74) is 5.75. The van der Waals surface area contributed by atoms with Gasteiger partial charge in [-0.3, -0.25) is 0 Å². The van der Waals surface area contributed by atoms with Gasteiger partial charge in [-0.15, -0.1) is 0 Å². The van der Waals surface area contributed by atoms with Crippen molar-refractivity contribution in [3.05, 3.63) is 23.8 Å². The number of benzene rings is 1. The van der Waals surface area contributed by atoms with Crippen molar-refractivity contribution in [2.45, 2.75) is 19.0 Å². The second-order valence-corrected chi connectivity index (χ2v) is 4.91. The van der Waals surface area contributed by atoms with Crippen LogP contribution in [-0.2, 0) is 6.18 Å². The standard InChI is InChI=1S/C13H17F3N2O/c14-13(15,16)10-3-4-12(11(17)6-10)18-5-1-2-9(7-18)8-19/h3-4,6,9,19H,1-2,5,7-8,17H2. The molecule has 0 amide bonds. The Balaban J connectivity index is 2.21. The predicted molar refractivity (Wildman–Crippen MR) is 67.9 cm³/mol. The maximum absolute atomic E-state index is 12.6. The summed E-state index contributed by atoms with van der Waals surface area (Å²) in [5, 5.41) is 9.17. The van der Waals surface area contributed by atoms with Gasteiger partial charge in [-0.2, -0.15) is 13.2 Å². The lowest BCUT2D eigenvalue weighted by Crippen LogP contribution is -2.37. The van der Waals surface area contributed by atoms with E-state index in [1.807, 2.05) is 4.90 Å². The first-order chi connectivity index (χ1) is 8.91. The molecule has 0 spiro atoms. The number of aliphatic hydroxyl groups is 1. The van der Waals surface area contributed by atoms with Gasteiger partial charge in [0.05, 0.1) is 16.9 Å². The van der Waals surface area contributed by atoms with Crippen molar-refractivity contribution in [3.8, 4) is 0 Å². The maximum Gasteiger partial charge on any atom is 0.416 e. The highest BCUT2D eigenvalue weighted by Crippen LogP contribution is 2.35. The van der Waals surface area contributed by atoms with Crippen LogP contribution in [0.5, 0.6) is 0 Å². The van der Waals surface area contributed by atoms with Gasteiger partial charge in [0.15, 0.2) is 0 Å². The van der Waals surface area contributed by atoms with Gasteiger partial charge in [-0.25, -0.2) is 0 Å². The molecule has 0 aliphatic carbocycles. The molecule has 1 heterocycles. The minimum atomic E-state index is -4.37. The van der Waals surface area contributed by atoms with Gasteiger partial charge in [-0.1, -0.05) is 0 Å². The van der Waals surface area contributed by atoms with Crippen LogP contribution < -0.4 is 10.6 Å². The number of rotatable bonds is 2. The van der Waals surface area contributed by atoms with Gasteiger partial charge in [-0.05, 0) is 37.0 Å². The van der Waals surface area contributed by atoms with Crippen molar-refractivity contribution < 1.29 is 18.3 Å². The second kappa shape index (κ2) is 5.28. The van der Waals surface area contributed by atoms with Crippen LogP contribution in [0.2, 0.25) is 0 Å². The highest BCUT2D eigenvalue weighted by atomic mass is 19.4. The van der Waals surface area contributed by atoms with Crippen molar-refractivity contribution in [2.75, 3.05) is 30.3 Å². The van der Waals surface area contributed by atoms with E-state index in [9.17, 15) is 13.2 Å². The fourth-order valence-corrected chi connectivity index (χ4v) is 2.45. The largest absolute Gasteiger partial charge is 0.416 e. The summed E-state index contributed by atoms with van der Waals surface area (Å²) in [6, 6.07) is 3.43. The van der Waals surface area contributed by atoms with Crippen molar-refractivity contribution in [2.24, 2.45) is 5.92 Å². The van der Waals surface area contributed by atoms with Crippen LogP contribution in [0, 0.1) is 5.92 Å². The Morgan fingerprint density at radius 2 is 2.11 bits per heavy atom. The van der Waals surface area contributed by atoms with Crippen LogP contribution in [0.4, 0.5) is 24.5 Å². The molecule has 106 valence electrons. The molecule has 1 aromatic carbocycles. The Morgan fingerprint density at radius 3 is 2.68 bits per heavy atom. The number of nitrogens with zero attached hydrogens (tertiary/aromatic N) is 1. The fraction of sp³-hybridized carbons (Fsp3) is 0.538. The molecule has 3 N–H and O–H groups in total. The molecular weight excluding hydrogens is 257 g/mol. The monoisotopic (exact) mass is 274 g/mol. The second-order valence-electron chi connectivity index (χ2n) is 4.91. The first-order valence-corrected chi connectivity index (χ1v) is 6.24. The van der Waals surface area contributed by atoms with Gasteiger partial charge < -0.3 is 15.7 Å². The molecule has 0 bridgehead atoms. The summed E-state index contributed by atoms with van der Waals surface area (Å²) in [5.74, 6) is 0.162. The van der Waals surface area contributed by atoms with Crippen LogP contribution >= 0.6 is 0 Å². The lowest BCUT2D eigenvalue weighted by atomic mass is 9.98. The van der Waals surface area contributed by atoms with E-state index in [1.54, 1.807) is 0 Å². The number of piperidine rings is 1. The molecule has 2 rings (SSSR count). The molecule has 1 aliphatic rings. The Labute approximate surface area is 109 Å². The van der Waals surface area contributed by atoms with Crippen LogP contribution in [-0.4, -0.2) is 24.8 Å². The molecule has 0 aromatic heterocycles. The zero-order valence-corrected chi connectivity index (χ0v) is 10.5. The molecule has 1 aromatic rings. The summed E-state index contributed by atoms with van der Waals surface area (Å²) in [6.07, 6.45) is -2.53. The zero-order chi connectivity index (χ0) is 14.0. The van der Waals surface area contributed by atoms with Crippen LogP contribution in [0.25, 0.3) is 0 Å². The van der Waals surface area contributed by atoms with E-state index in [1.165, 1.54) is 6.07 Å². The number of aliphatic hydroxyl groups excluding tert-OH is 1. The third-order valence-electron chi connectivity index (χ3n) is 3.47. The van der Waals surface area contributed by atoms with Crippen LogP contribution in [0.3, 0.4) is 0 Å². The number of hydrogen-bond donors (Lipinski definition) is 2. The summed E-state index contributed by atoms with van der Waals surface area (Å²) < 4.78 is 37.7. The van der Waals surface area contributed by atoms with E-state index in [0.29, 0.717) is 12.2 Å². The Kier molecular flexibility index (Phi) is 3.89. The Bertz CT molecular complexity index is 448. The van der Waals surface area contributed by atoms with Crippen LogP contribution in [0.15, 0.2) is 18.2 Å². The van der Waals surface area contributed by atoms with Crippen molar-refractivity contribution in [1.29, 1.82) is 0 Å². The first-order valence-electron chi connectivity index (χ1n) is 6.24. The number of hydrogen-bond acceptors (Lipinski definition) is 3. The topological polar surface area (TPSA) is 49.5 Å². The highest BCUT2D eigenvalue weighted by Gasteiger charge is 2.31. The molecular formula is C13H17F3N2O. The van der Waals surface area contributed by atoms with Crippen molar-refractivity contribution in [3.63, 3.8) is 0 Å². The molecule has 1 unspecified atom stereocenters. The van der Waals surface area contributed by atoms with Crippen LogP contribution in [0.1, 0.15) is 18.4 Å². The van der Waals surface area contributed by atoms with E-state index in [-0.39, 0.29) is 18.2 Å². The minimum absolute atomic E-state index is 0.0943. The van der Waals surface area contributed by atoms with E-state index in [4.69, 9.17) is 10.8 Å². The number of anilines is 2. The third kappa shape index (κ3) is 3.12. The third-order valence-corrected chi connectivity index (χ3v) is 3.47. The van der Waals surface area contributed by atoms with Gasteiger partial charge >= 0.3 is 6.18 Å². The van der Waals surface area contributed by atoms with Gasteiger partial charge in [0.2, 0.25) is 0 Å². The first kappa shape index (κ1) is 14.0. The number of halogens is 3. The smallest absolute Gasteiger partial charge is 0.397 e. The van der Waals surface area contributed by atoms with E-state index in [2.05, 4.69) is 0 Å². The number of nitrogen functional groups attached to an aromatic ring is 1. The van der Waals surface area contributed by atoms with E-state index in [0.717, 1.165) is 31.5 Å². The molecule has 19 heavy (non-hydrogen) atoms. The summed E-state index contributed by atoms with van der Waals surface area (Å²) in [7, 11) is 0. The number of nitrogens with two attached hydrogens (primary N) is 1. The fourth-order valence-electron chi connectivity index (χ4n) is 2.45. The molecule has 6 heteroatoms. The van der Waals surface area contributed by atoms with Crippen molar-refractivity contribution >= 4 is 11.4 Å². The van der Waals surface area contributed by atoms with Gasteiger partial charge in [0.1, 0.15) is 0 Å². The highest BCUT2D eigenvalue weighted by molar-refractivity contribution is 5.69.